The number of carbonyl (C=O) groups excluding carboxylic acids is 1. The lowest BCUT2D eigenvalue weighted by Crippen LogP contribution is -2.36. The number of imidazole rings is 1. The molecule has 0 saturated heterocycles. The van der Waals surface area contributed by atoms with E-state index < -0.39 is 5.54 Å². The molecule has 9 heteroatoms. The number of nitrogens with zero attached hydrogens (tertiary/aromatic N) is 4. The molecule has 3 heterocycles. The van der Waals surface area contributed by atoms with Gasteiger partial charge in [0.2, 0.25) is 0 Å². The Kier molecular flexibility index (Phi) is 4.58. The van der Waals surface area contributed by atoms with Crippen molar-refractivity contribution in [2.24, 2.45) is 10.4 Å². The molecule has 1 aliphatic heterocycles. The van der Waals surface area contributed by atoms with Crippen molar-refractivity contribution in [3.05, 3.63) is 57.5 Å². The molecule has 3 aromatic rings. The van der Waals surface area contributed by atoms with Crippen molar-refractivity contribution >= 4 is 34.4 Å². The number of halogens is 1. The van der Waals surface area contributed by atoms with Crippen LogP contribution in [0.2, 0.25) is 5.02 Å². The van der Waals surface area contributed by atoms with E-state index in [4.69, 9.17) is 11.6 Å². The van der Waals surface area contributed by atoms with Crippen LogP contribution in [0.3, 0.4) is 0 Å². The van der Waals surface area contributed by atoms with Crippen LogP contribution in [0.4, 0.5) is 0 Å². The zero-order valence-corrected chi connectivity index (χ0v) is 18.2. The van der Waals surface area contributed by atoms with Gasteiger partial charge < -0.3 is 10.3 Å². The Morgan fingerprint density at radius 2 is 1.83 bits per heavy atom. The largest absolute Gasteiger partial charge is 0.326 e. The zero-order valence-electron chi connectivity index (χ0n) is 17.4. The van der Waals surface area contributed by atoms with E-state index in [1.807, 2.05) is 25.1 Å². The van der Waals surface area contributed by atoms with Gasteiger partial charge >= 0.3 is 5.69 Å². The van der Waals surface area contributed by atoms with Crippen molar-refractivity contribution in [2.45, 2.75) is 46.2 Å². The van der Waals surface area contributed by atoms with Gasteiger partial charge in [-0.1, -0.05) is 32.4 Å². The lowest BCUT2D eigenvalue weighted by Gasteiger charge is -2.28. The number of nitrogens with one attached hydrogen (secondary N) is 2. The van der Waals surface area contributed by atoms with Gasteiger partial charge in [-0.25, -0.2) is 19.8 Å². The summed E-state index contributed by atoms with van der Waals surface area (Å²) in [5, 5.41) is 3.21. The highest BCUT2D eigenvalue weighted by Crippen LogP contribution is 2.32. The SMILES string of the molecule is C[C@@H](n1c(=O)[nH]c2ccc(C3=N[C@@](C)(c4ncc(Cl)cn4)C(=O)N3)cc21)C(C)(C)C. The molecule has 8 nitrogen and oxygen atoms in total. The van der Waals surface area contributed by atoms with Crippen molar-refractivity contribution in [2.75, 3.05) is 0 Å². The van der Waals surface area contributed by atoms with Crippen LogP contribution in [0.5, 0.6) is 0 Å². The number of H-pyrrole nitrogens is 1. The summed E-state index contributed by atoms with van der Waals surface area (Å²) in [7, 11) is 0. The van der Waals surface area contributed by atoms with Gasteiger partial charge in [-0.2, -0.15) is 0 Å². The second kappa shape index (κ2) is 6.77. The maximum Gasteiger partial charge on any atom is 0.326 e. The first-order valence-electron chi connectivity index (χ1n) is 9.64. The van der Waals surface area contributed by atoms with Gasteiger partial charge in [0.1, 0.15) is 5.84 Å². The molecule has 0 spiro atoms. The van der Waals surface area contributed by atoms with Crippen molar-refractivity contribution in [3.8, 4) is 0 Å². The maximum absolute atomic E-state index is 12.7. The summed E-state index contributed by atoms with van der Waals surface area (Å²) >= 11 is 5.86. The monoisotopic (exact) mass is 426 g/mol. The molecule has 1 aliphatic rings. The first-order chi connectivity index (χ1) is 14.0. The summed E-state index contributed by atoms with van der Waals surface area (Å²) in [6.07, 6.45) is 2.88. The van der Waals surface area contributed by atoms with E-state index in [9.17, 15) is 9.59 Å². The third-order valence-electron chi connectivity index (χ3n) is 5.70. The minimum absolute atomic E-state index is 0.0400. The molecule has 2 atom stereocenters. The topological polar surface area (TPSA) is 105 Å². The highest BCUT2D eigenvalue weighted by Gasteiger charge is 2.43. The molecular formula is C21H23ClN6O2. The highest BCUT2D eigenvalue weighted by atomic mass is 35.5. The number of aliphatic imine (C=N–C) groups is 1. The van der Waals surface area contributed by atoms with Crippen LogP contribution in [0.15, 0.2) is 40.4 Å². The Balaban J connectivity index is 1.81. The number of rotatable bonds is 3. The number of hydrogen-bond donors (Lipinski definition) is 2. The van der Waals surface area contributed by atoms with Crippen LogP contribution in [-0.2, 0) is 10.3 Å². The number of amides is 1. The average molecular weight is 427 g/mol. The van der Waals surface area contributed by atoms with E-state index in [1.54, 1.807) is 11.5 Å². The first kappa shape index (κ1) is 20.3. The van der Waals surface area contributed by atoms with Gasteiger partial charge in [-0.3, -0.25) is 9.36 Å². The van der Waals surface area contributed by atoms with Crippen molar-refractivity contribution in [3.63, 3.8) is 0 Å². The van der Waals surface area contributed by atoms with E-state index in [0.29, 0.717) is 16.4 Å². The van der Waals surface area contributed by atoms with Crippen molar-refractivity contribution < 1.29 is 4.79 Å². The molecule has 0 fully saturated rings. The van der Waals surface area contributed by atoms with Gasteiger partial charge in [-0.05, 0) is 37.5 Å². The standard InChI is InChI=1S/C21H23ClN6O2/c1-11(20(2,3)4)28-15-8-12(6-7-14(15)25-19(28)30)16-26-18(29)21(5,27-16)17-23-9-13(22)10-24-17/h6-11H,1-5H3,(H,25,30)(H,26,27,29)/t11-,21+/m1/s1. The quantitative estimate of drug-likeness (QED) is 0.670. The maximum atomic E-state index is 12.7. The van der Waals surface area contributed by atoms with E-state index >= 15 is 0 Å². The van der Waals surface area contributed by atoms with Gasteiger partial charge in [-0.15, -0.1) is 0 Å². The van der Waals surface area contributed by atoms with E-state index in [1.165, 1.54) is 12.4 Å². The molecule has 1 aromatic carbocycles. The summed E-state index contributed by atoms with van der Waals surface area (Å²) in [5.41, 5.74) is 0.648. The fourth-order valence-corrected chi connectivity index (χ4v) is 3.52. The van der Waals surface area contributed by atoms with Crippen LogP contribution in [0.1, 0.15) is 52.0 Å². The average Bonchev–Trinajstić information content (AvgIpc) is 3.16. The number of benzene rings is 1. The van der Waals surface area contributed by atoms with Gasteiger partial charge in [0.05, 0.1) is 16.1 Å². The molecule has 0 aliphatic carbocycles. The molecule has 2 N–H and O–H groups in total. The van der Waals surface area contributed by atoms with Crippen LogP contribution < -0.4 is 11.0 Å². The Bertz CT molecular complexity index is 1240. The van der Waals surface area contributed by atoms with Crippen LogP contribution in [0.25, 0.3) is 11.0 Å². The third kappa shape index (κ3) is 3.21. The van der Waals surface area contributed by atoms with Crippen molar-refractivity contribution in [1.82, 2.24) is 24.8 Å². The predicted octanol–water partition coefficient (Wildman–Crippen LogP) is 3.17. The molecule has 2 aromatic heterocycles. The number of fused-ring (bicyclic) bond motifs is 1. The normalized spacial score (nSPS) is 20.3. The number of aromatic amines is 1. The minimum Gasteiger partial charge on any atom is -0.308 e. The number of carbonyl (C=O) groups is 1. The summed E-state index contributed by atoms with van der Waals surface area (Å²) in [6.45, 7) is 9.94. The molecule has 1 amide bonds. The molecule has 30 heavy (non-hydrogen) atoms. The van der Waals surface area contributed by atoms with Gasteiger partial charge in [0.25, 0.3) is 5.91 Å². The summed E-state index contributed by atoms with van der Waals surface area (Å²) in [4.78, 5) is 41.2. The minimum atomic E-state index is -1.26. The van der Waals surface area contributed by atoms with Gasteiger partial charge in [0.15, 0.2) is 11.4 Å². The number of hydrogen-bond acceptors (Lipinski definition) is 5. The first-order valence-corrected chi connectivity index (χ1v) is 10.0. The molecular weight excluding hydrogens is 404 g/mol. The Morgan fingerprint density at radius 3 is 2.47 bits per heavy atom. The summed E-state index contributed by atoms with van der Waals surface area (Å²) in [5.74, 6) is 0.349. The molecule has 0 bridgehead atoms. The molecule has 156 valence electrons. The number of aromatic nitrogens is 4. The smallest absolute Gasteiger partial charge is 0.308 e. The molecule has 4 rings (SSSR count). The summed E-state index contributed by atoms with van der Waals surface area (Å²) < 4.78 is 1.75. The Morgan fingerprint density at radius 1 is 1.17 bits per heavy atom. The Labute approximate surface area is 178 Å². The lowest BCUT2D eigenvalue weighted by atomic mass is 9.88. The predicted molar refractivity (Wildman–Crippen MR) is 116 cm³/mol. The van der Waals surface area contributed by atoms with E-state index in [-0.39, 0.29) is 28.9 Å². The fourth-order valence-electron chi connectivity index (χ4n) is 3.42. The number of amidine groups is 1. The van der Waals surface area contributed by atoms with E-state index in [2.05, 4.69) is 46.0 Å². The Hall–Kier alpha value is -3.00. The van der Waals surface area contributed by atoms with Gasteiger partial charge in [0, 0.05) is 24.0 Å². The lowest BCUT2D eigenvalue weighted by molar-refractivity contribution is -0.123. The van der Waals surface area contributed by atoms with Crippen LogP contribution in [-0.4, -0.2) is 31.3 Å². The zero-order chi connectivity index (χ0) is 21.8. The molecule has 0 saturated carbocycles. The second-order valence-corrected chi connectivity index (χ2v) is 9.22. The van der Waals surface area contributed by atoms with Crippen molar-refractivity contribution in [1.29, 1.82) is 0 Å². The molecule has 0 unspecified atom stereocenters. The highest BCUT2D eigenvalue weighted by molar-refractivity contribution is 6.30. The second-order valence-electron chi connectivity index (χ2n) is 8.79. The van der Waals surface area contributed by atoms with Crippen LogP contribution >= 0.6 is 11.6 Å². The van der Waals surface area contributed by atoms with E-state index in [0.717, 1.165) is 11.0 Å². The third-order valence-corrected chi connectivity index (χ3v) is 5.89. The summed E-state index contributed by atoms with van der Waals surface area (Å²) in [6, 6.07) is 5.46. The van der Waals surface area contributed by atoms with Crippen LogP contribution in [0, 0.1) is 5.41 Å². The fraction of sp³-hybridized carbons (Fsp3) is 0.381. The molecule has 0 radical (unpaired) electrons.